The number of carboxylic acids is 1. The molecule has 0 aromatic rings. The highest BCUT2D eigenvalue weighted by molar-refractivity contribution is 5.89. The zero-order valence-corrected chi connectivity index (χ0v) is 11.0. The minimum atomic E-state index is -0.924. The molecule has 6 heteroatoms. The first-order chi connectivity index (χ1) is 8.36. The molecule has 2 amide bonds. The Morgan fingerprint density at radius 2 is 2.17 bits per heavy atom. The van der Waals surface area contributed by atoms with Gasteiger partial charge in [0, 0.05) is 33.1 Å². The third-order valence-electron chi connectivity index (χ3n) is 3.29. The van der Waals surface area contributed by atoms with Crippen molar-refractivity contribution in [2.75, 3.05) is 26.7 Å². The van der Waals surface area contributed by atoms with Crippen LogP contribution in [0.3, 0.4) is 0 Å². The zero-order chi connectivity index (χ0) is 13.9. The number of amides is 2. The van der Waals surface area contributed by atoms with Crippen LogP contribution in [0.25, 0.3) is 0 Å². The highest BCUT2D eigenvalue weighted by Gasteiger charge is 2.35. The fraction of sp³-hybridized carbons (Fsp3) is 0.750. The van der Waals surface area contributed by atoms with Crippen LogP contribution in [0.15, 0.2) is 0 Å². The Kier molecular flexibility index (Phi) is 4.69. The van der Waals surface area contributed by atoms with Gasteiger partial charge in [-0.1, -0.05) is 6.92 Å². The average molecular weight is 256 g/mol. The Hall–Kier alpha value is -1.59. The molecule has 2 atom stereocenters. The first kappa shape index (κ1) is 14.5. The van der Waals surface area contributed by atoms with E-state index in [1.807, 2.05) is 6.92 Å². The van der Waals surface area contributed by atoms with Crippen LogP contribution >= 0.6 is 0 Å². The average Bonchev–Trinajstić information content (AvgIpc) is 2.69. The third kappa shape index (κ3) is 3.21. The van der Waals surface area contributed by atoms with Gasteiger partial charge in [0.1, 0.15) is 0 Å². The highest BCUT2D eigenvalue weighted by atomic mass is 16.4. The van der Waals surface area contributed by atoms with Crippen LogP contribution in [0, 0.1) is 11.8 Å². The van der Waals surface area contributed by atoms with Gasteiger partial charge in [0.05, 0.1) is 11.8 Å². The highest BCUT2D eigenvalue weighted by Crippen LogP contribution is 2.19. The van der Waals surface area contributed by atoms with E-state index in [9.17, 15) is 14.4 Å². The molecule has 102 valence electrons. The predicted octanol–water partition coefficient (Wildman–Crippen LogP) is 0.0339. The van der Waals surface area contributed by atoms with Crippen molar-refractivity contribution in [2.45, 2.75) is 20.3 Å². The lowest BCUT2D eigenvalue weighted by atomic mass is 10.1. The summed E-state index contributed by atoms with van der Waals surface area (Å²) < 4.78 is 0. The molecular formula is C12H20N2O4. The van der Waals surface area contributed by atoms with Crippen LogP contribution in [0.2, 0.25) is 0 Å². The lowest BCUT2D eigenvalue weighted by Gasteiger charge is -2.22. The summed E-state index contributed by atoms with van der Waals surface area (Å²) in [5, 5.41) is 8.80. The van der Waals surface area contributed by atoms with Crippen molar-refractivity contribution in [3.05, 3.63) is 0 Å². The minimum absolute atomic E-state index is 0.00414. The maximum Gasteiger partial charge on any atom is 0.308 e. The van der Waals surface area contributed by atoms with E-state index in [2.05, 4.69) is 0 Å². The molecule has 0 aliphatic carbocycles. The number of hydrogen-bond acceptors (Lipinski definition) is 3. The first-order valence-corrected chi connectivity index (χ1v) is 6.12. The summed E-state index contributed by atoms with van der Waals surface area (Å²) in [6.07, 6.45) is 0.235. The first-order valence-electron chi connectivity index (χ1n) is 6.12. The van der Waals surface area contributed by atoms with Crippen molar-refractivity contribution in [1.29, 1.82) is 0 Å². The van der Waals surface area contributed by atoms with Crippen LogP contribution in [0.1, 0.15) is 20.3 Å². The monoisotopic (exact) mass is 256 g/mol. The number of aliphatic carboxylic acids is 1. The zero-order valence-electron chi connectivity index (χ0n) is 11.0. The lowest BCUT2D eigenvalue weighted by molar-refractivity contribution is -0.143. The van der Waals surface area contributed by atoms with Gasteiger partial charge in [-0.3, -0.25) is 14.4 Å². The Morgan fingerprint density at radius 3 is 2.61 bits per heavy atom. The van der Waals surface area contributed by atoms with Crippen LogP contribution in [0.5, 0.6) is 0 Å². The summed E-state index contributed by atoms with van der Waals surface area (Å²) in [7, 11) is 1.58. The Labute approximate surface area is 107 Å². The fourth-order valence-corrected chi connectivity index (χ4v) is 2.13. The molecule has 2 unspecified atom stereocenters. The quantitative estimate of drug-likeness (QED) is 0.753. The Morgan fingerprint density at radius 1 is 1.56 bits per heavy atom. The molecule has 1 aliphatic heterocycles. The molecule has 0 aromatic heterocycles. The van der Waals surface area contributed by atoms with Crippen LogP contribution in [0.4, 0.5) is 0 Å². The summed E-state index contributed by atoms with van der Waals surface area (Å²) in [6, 6.07) is 0. The summed E-state index contributed by atoms with van der Waals surface area (Å²) in [5.41, 5.74) is 0. The van der Waals surface area contributed by atoms with E-state index in [0.29, 0.717) is 13.1 Å². The van der Waals surface area contributed by atoms with Crippen molar-refractivity contribution in [1.82, 2.24) is 9.80 Å². The van der Waals surface area contributed by atoms with Crippen molar-refractivity contribution in [3.8, 4) is 0 Å². The summed E-state index contributed by atoms with van der Waals surface area (Å²) in [6.45, 7) is 4.66. The van der Waals surface area contributed by atoms with E-state index >= 15 is 0 Å². The number of nitrogens with zero attached hydrogens (tertiary/aromatic N) is 2. The Bertz CT molecular complexity index is 356. The van der Waals surface area contributed by atoms with Gasteiger partial charge in [0.2, 0.25) is 11.8 Å². The second-order valence-electron chi connectivity index (χ2n) is 4.79. The number of likely N-dealkylation sites (tertiary alicyclic amines) is 1. The molecule has 1 rings (SSSR count). The number of carbonyl (C=O) groups excluding carboxylic acids is 2. The normalized spacial score (nSPS) is 20.9. The van der Waals surface area contributed by atoms with Crippen LogP contribution in [-0.4, -0.2) is 59.4 Å². The van der Waals surface area contributed by atoms with Crippen molar-refractivity contribution < 1.29 is 19.5 Å². The molecule has 1 N–H and O–H groups in total. The van der Waals surface area contributed by atoms with Crippen molar-refractivity contribution in [2.24, 2.45) is 11.8 Å². The molecule has 0 aromatic carbocycles. The molecule has 0 radical (unpaired) electrons. The molecule has 6 nitrogen and oxygen atoms in total. The maximum atomic E-state index is 12.1. The second-order valence-corrected chi connectivity index (χ2v) is 4.79. The molecule has 1 fully saturated rings. The number of rotatable bonds is 5. The van der Waals surface area contributed by atoms with Crippen LogP contribution < -0.4 is 0 Å². The number of carbonyl (C=O) groups is 3. The van der Waals surface area contributed by atoms with Gasteiger partial charge < -0.3 is 14.9 Å². The minimum Gasteiger partial charge on any atom is -0.481 e. The molecule has 0 spiro atoms. The number of hydrogen-bond donors (Lipinski definition) is 1. The molecule has 0 bridgehead atoms. The SMILES string of the molecule is CCN1CC(C(=O)N(C)CC(C)C(=O)O)CC1=O. The molecular weight excluding hydrogens is 236 g/mol. The molecule has 18 heavy (non-hydrogen) atoms. The van der Waals surface area contributed by atoms with E-state index in [1.54, 1.807) is 18.9 Å². The maximum absolute atomic E-state index is 12.1. The largest absolute Gasteiger partial charge is 0.481 e. The van der Waals surface area contributed by atoms with E-state index in [-0.39, 0.29) is 30.7 Å². The Balaban J connectivity index is 2.55. The molecule has 1 saturated heterocycles. The fourth-order valence-electron chi connectivity index (χ4n) is 2.13. The summed E-state index contributed by atoms with van der Waals surface area (Å²) in [5.74, 6) is -2.00. The van der Waals surface area contributed by atoms with E-state index < -0.39 is 11.9 Å². The standard InChI is InChI=1S/C12H20N2O4/c1-4-14-7-9(5-10(14)15)11(16)13(3)6-8(2)12(17)18/h8-9H,4-7H2,1-3H3,(H,17,18). The van der Waals surface area contributed by atoms with Gasteiger partial charge in [-0.2, -0.15) is 0 Å². The summed E-state index contributed by atoms with van der Waals surface area (Å²) >= 11 is 0. The lowest BCUT2D eigenvalue weighted by Crippen LogP contribution is -2.38. The molecule has 0 saturated carbocycles. The van der Waals surface area contributed by atoms with Gasteiger partial charge in [-0.25, -0.2) is 0 Å². The van der Waals surface area contributed by atoms with Crippen LogP contribution in [-0.2, 0) is 14.4 Å². The summed E-state index contributed by atoms with van der Waals surface area (Å²) in [4.78, 5) is 37.4. The smallest absolute Gasteiger partial charge is 0.308 e. The van der Waals surface area contributed by atoms with E-state index in [0.717, 1.165) is 0 Å². The van der Waals surface area contributed by atoms with Crippen molar-refractivity contribution >= 4 is 17.8 Å². The van der Waals surface area contributed by atoms with Crippen molar-refractivity contribution in [3.63, 3.8) is 0 Å². The molecule has 1 aliphatic rings. The molecule has 1 heterocycles. The third-order valence-corrected chi connectivity index (χ3v) is 3.29. The van der Waals surface area contributed by atoms with Gasteiger partial charge >= 0.3 is 5.97 Å². The van der Waals surface area contributed by atoms with E-state index in [1.165, 1.54) is 4.90 Å². The predicted molar refractivity (Wildman–Crippen MR) is 64.8 cm³/mol. The second kappa shape index (κ2) is 5.84. The van der Waals surface area contributed by atoms with Gasteiger partial charge in [0.15, 0.2) is 0 Å². The van der Waals surface area contributed by atoms with Gasteiger partial charge in [-0.15, -0.1) is 0 Å². The van der Waals surface area contributed by atoms with Gasteiger partial charge in [0.25, 0.3) is 0 Å². The van der Waals surface area contributed by atoms with E-state index in [4.69, 9.17) is 5.11 Å². The number of carboxylic acid groups (broad SMARTS) is 1. The topological polar surface area (TPSA) is 77.9 Å². The van der Waals surface area contributed by atoms with Gasteiger partial charge in [-0.05, 0) is 6.92 Å².